The van der Waals surface area contributed by atoms with E-state index in [2.05, 4.69) is 51.3 Å². The fourth-order valence-corrected chi connectivity index (χ4v) is 1.82. The summed E-state index contributed by atoms with van der Waals surface area (Å²) < 4.78 is 0. The van der Waals surface area contributed by atoms with E-state index in [0.717, 1.165) is 12.8 Å². The lowest BCUT2D eigenvalue weighted by molar-refractivity contribution is -0.469. The monoisotopic (exact) mass is 217 g/mol. The van der Waals surface area contributed by atoms with E-state index < -0.39 is 0 Å². The molecule has 0 aromatic rings. The van der Waals surface area contributed by atoms with E-state index in [-0.39, 0.29) is 5.66 Å². The van der Waals surface area contributed by atoms with E-state index in [0.29, 0.717) is 11.3 Å². The van der Waals surface area contributed by atoms with Crippen LogP contribution in [0.5, 0.6) is 0 Å². The second-order valence-electron chi connectivity index (χ2n) is 5.73. The molecule has 0 saturated heterocycles. The van der Waals surface area contributed by atoms with E-state index in [1.807, 2.05) is 0 Å². The number of hydrogen-bond donors (Lipinski definition) is 4. The number of rotatable bonds is 6. The lowest BCUT2D eigenvalue weighted by atomic mass is 9.81. The molecule has 0 saturated carbocycles. The minimum atomic E-state index is -0.264. The standard InChI is InChI=1S/C11H28N4/c1-6-9(7-8-10(2,3)4)11(5,14-12)15-13/h9,14-15H,6-8,12-13H2,1-5H3/p+1. The van der Waals surface area contributed by atoms with Gasteiger partial charge >= 0.3 is 0 Å². The van der Waals surface area contributed by atoms with Crippen molar-refractivity contribution in [2.75, 3.05) is 0 Å². The molecule has 92 valence electrons. The van der Waals surface area contributed by atoms with Crippen LogP contribution in [0.1, 0.15) is 53.9 Å². The van der Waals surface area contributed by atoms with E-state index in [1.165, 1.54) is 6.42 Å². The van der Waals surface area contributed by atoms with Gasteiger partial charge in [-0.05, 0) is 31.1 Å². The third-order valence-corrected chi connectivity index (χ3v) is 3.22. The van der Waals surface area contributed by atoms with Gasteiger partial charge in [-0.15, -0.1) is 0 Å². The molecule has 0 rings (SSSR count). The first-order valence-corrected chi connectivity index (χ1v) is 5.81. The van der Waals surface area contributed by atoms with Gasteiger partial charge in [0.15, 0.2) is 0 Å². The van der Waals surface area contributed by atoms with E-state index >= 15 is 0 Å². The highest BCUT2D eigenvalue weighted by Gasteiger charge is 2.33. The Morgan fingerprint density at radius 3 is 2.07 bits per heavy atom. The maximum atomic E-state index is 5.58. The minimum absolute atomic E-state index is 0.264. The van der Waals surface area contributed by atoms with Crippen LogP contribution in [0.3, 0.4) is 0 Å². The molecule has 0 aromatic heterocycles. The topological polar surface area (TPSA) is 77.7 Å². The molecule has 2 atom stereocenters. The molecule has 0 aliphatic heterocycles. The molecule has 2 unspecified atom stereocenters. The van der Waals surface area contributed by atoms with Gasteiger partial charge in [-0.1, -0.05) is 34.1 Å². The van der Waals surface area contributed by atoms with Crippen LogP contribution in [0.25, 0.3) is 0 Å². The quantitative estimate of drug-likeness (QED) is 0.301. The zero-order valence-corrected chi connectivity index (χ0v) is 11.0. The summed E-state index contributed by atoms with van der Waals surface area (Å²) in [6.45, 7) is 11.1. The van der Waals surface area contributed by atoms with Crippen molar-refractivity contribution in [3.63, 3.8) is 0 Å². The molecule has 0 bridgehead atoms. The lowest BCUT2D eigenvalue weighted by Crippen LogP contribution is -2.80. The van der Waals surface area contributed by atoms with Crippen molar-refractivity contribution in [3.8, 4) is 0 Å². The Hall–Kier alpha value is -0.160. The number of nitrogens with two attached hydrogens (primary N) is 1. The molecule has 4 heteroatoms. The van der Waals surface area contributed by atoms with E-state index in [4.69, 9.17) is 5.84 Å². The fourth-order valence-electron chi connectivity index (χ4n) is 1.82. The van der Waals surface area contributed by atoms with Gasteiger partial charge in [0.25, 0.3) is 0 Å². The Labute approximate surface area is 94.1 Å². The Kier molecular flexibility index (Phi) is 5.73. The highest BCUT2D eigenvalue weighted by Crippen LogP contribution is 2.29. The highest BCUT2D eigenvalue weighted by atomic mass is 15.4. The molecule has 0 aromatic carbocycles. The first-order chi connectivity index (χ1) is 6.79. The molecule has 0 heterocycles. The molecule has 0 radical (unpaired) electrons. The van der Waals surface area contributed by atoms with Crippen molar-refractivity contribution in [2.45, 2.75) is 59.5 Å². The first kappa shape index (κ1) is 14.8. The van der Waals surface area contributed by atoms with Crippen molar-refractivity contribution in [3.05, 3.63) is 0 Å². The van der Waals surface area contributed by atoms with Crippen molar-refractivity contribution in [1.29, 1.82) is 0 Å². The molecule has 7 N–H and O–H groups in total. The Balaban J connectivity index is 4.35. The summed E-state index contributed by atoms with van der Waals surface area (Å²) in [5.41, 5.74) is 5.99. The van der Waals surface area contributed by atoms with Crippen LogP contribution in [-0.2, 0) is 0 Å². The van der Waals surface area contributed by atoms with Gasteiger partial charge in [0.2, 0.25) is 0 Å². The van der Waals surface area contributed by atoms with Crippen LogP contribution in [-0.4, -0.2) is 5.66 Å². The molecule has 15 heavy (non-hydrogen) atoms. The first-order valence-electron chi connectivity index (χ1n) is 5.81. The second kappa shape index (κ2) is 5.80. The third-order valence-electron chi connectivity index (χ3n) is 3.22. The Morgan fingerprint density at radius 1 is 1.27 bits per heavy atom. The van der Waals surface area contributed by atoms with Gasteiger partial charge in [-0.3, -0.25) is 11.7 Å². The van der Waals surface area contributed by atoms with Gasteiger partial charge in [0.1, 0.15) is 5.66 Å². The summed E-state index contributed by atoms with van der Waals surface area (Å²) in [4.78, 5) is 0. The van der Waals surface area contributed by atoms with Crippen LogP contribution in [0.2, 0.25) is 0 Å². The maximum Gasteiger partial charge on any atom is 0.127 e. The average molecular weight is 217 g/mol. The zero-order chi connectivity index (χ0) is 12.1. The zero-order valence-electron chi connectivity index (χ0n) is 11.0. The molecule has 0 spiro atoms. The molecule has 0 aliphatic carbocycles. The molecular formula is C11H29N4+. The van der Waals surface area contributed by atoms with Gasteiger partial charge in [-0.25, -0.2) is 5.43 Å². The van der Waals surface area contributed by atoms with Crippen LogP contribution < -0.4 is 22.5 Å². The number of hydrogen-bond acceptors (Lipinski definition) is 3. The van der Waals surface area contributed by atoms with E-state index in [9.17, 15) is 0 Å². The number of quaternary nitrogens is 1. The van der Waals surface area contributed by atoms with Crippen molar-refractivity contribution >= 4 is 0 Å². The van der Waals surface area contributed by atoms with Gasteiger partial charge in [-0.2, -0.15) is 5.43 Å². The molecule has 0 amide bonds. The average Bonchev–Trinajstić information content (AvgIpc) is 2.16. The summed E-state index contributed by atoms with van der Waals surface area (Å²) in [6.07, 6.45) is 3.45. The second-order valence-corrected chi connectivity index (χ2v) is 5.73. The van der Waals surface area contributed by atoms with Crippen LogP contribution in [0.4, 0.5) is 0 Å². The summed E-state index contributed by atoms with van der Waals surface area (Å²) in [5.74, 6) is 9.83. The van der Waals surface area contributed by atoms with Crippen LogP contribution in [0.15, 0.2) is 0 Å². The summed E-state index contributed by atoms with van der Waals surface area (Å²) in [7, 11) is 0. The van der Waals surface area contributed by atoms with Gasteiger partial charge in [0.05, 0.1) is 0 Å². The van der Waals surface area contributed by atoms with E-state index in [1.54, 1.807) is 0 Å². The number of nitrogens with one attached hydrogen (secondary N) is 2. The van der Waals surface area contributed by atoms with Gasteiger partial charge in [0, 0.05) is 0 Å². The Bertz CT molecular complexity index is 170. The smallest absolute Gasteiger partial charge is 0.127 e. The van der Waals surface area contributed by atoms with Crippen molar-refractivity contribution < 1.29 is 5.84 Å². The Morgan fingerprint density at radius 2 is 1.80 bits per heavy atom. The lowest BCUT2D eigenvalue weighted by Gasteiger charge is -2.35. The molecule has 4 nitrogen and oxygen atoms in total. The van der Waals surface area contributed by atoms with Crippen LogP contribution in [0, 0.1) is 11.3 Å². The molecule has 0 aliphatic rings. The normalized spacial score (nSPS) is 18.6. The van der Waals surface area contributed by atoms with Crippen molar-refractivity contribution in [2.24, 2.45) is 17.2 Å². The maximum absolute atomic E-state index is 5.58. The SMILES string of the molecule is CCC(CCC(C)(C)C)C(C)(NN)N[NH3+]. The highest BCUT2D eigenvalue weighted by molar-refractivity contribution is 4.83. The summed E-state index contributed by atoms with van der Waals surface area (Å²) in [5, 5.41) is 0. The van der Waals surface area contributed by atoms with Gasteiger partial charge < -0.3 is 0 Å². The fraction of sp³-hybridized carbons (Fsp3) is 1.00. The third kappa shape index (κ3) is 4.93. The predicted octanol–water partition coefficient (Wildman–Crippen LogP) is 0.765. The largest absolute Gasteiger partial charge is 0.279 e. The minimum Gasteiger partial charge on any atom is -0.279 e. The summed E-state index contributed by atoms with van der Waals surface area (Å²) >= 11 is 0. The van der Waals surface area contributed by atoms with Crippen LogP contribution >= 0.6 is 0 Å². The summed E-state index contributed by atoms with van der Waals surface area (Å²) in [6, 6.07) is 0. The van der Waals surface area contributed by atoms with Crippen molar-refractivity contribution in [1.82, 2.24) is 10.9 Å². The molecular weight excluding hydrogens is 188 g/mol. The predicted molar refractivity (Wildman–Crippen MR) is 64.2 cm³/mol. The molecule has 0 fully saturated rings. The number of hydrazine groups is 1.